The lowest BCUT2D eigenvalue weighted by atomic mass is 10.2. The Hall–Kier alpha value is -3.91. The molecule has 0 unspecified atom stereocenters. The van der Waals surface area contributed by atoms with E-state index >= 15 is 0 Å². The van der Waals surface area contributed by atoms with Gasteiger partial charge in [-0.05, 0) is 50.2 Å². The molecule has 0 saturated carbocycles. The number of hydrogen-bond acceptors (Lipinski definition) is 7. The predicted molar refractivity (Wildman–Crippen MR) is 133 cm³/mol. The second-order valence-corrected chi connectivity index (χ2v) is 8.56. The molecule has 0 aliphatic rings. The number of benzene rings is 3. The Morgan fingerprint density at radius 3 is 2.56 bits per heavy atom. The van der Waals surface area contributed by atoms with Gasteiger partial charge in [0.1, 0.15) is 5.75 Å². The first-order valence-electron chi connectivity index (χ1n) is 10.9. The molecule has 0 aliphatic heterocycles. The maximum Gasteiger partial charge on any atom is 0.266 e. The van der Waals surface area contributed by atoms with Crippen LogP contribution in [0.3, 0.4) is 0 Å². The summed E-state index contributed by atoms with van der Waals surface area (Å²) in [5.74, 6) is 1.96. The van der Waals surface area contributed by atoms with E-state index < -0.39 is 0 Å². The number of thioether (sulfide) groups is 1. The largest absolute Gasteiger partial charge is 0.493 e. The smallest absolute Gasteiger partial charge is 0.266 e. The zero-order chi connectivity index (χ0) is 23.5. The van der Waals surface area contributed by atoms with Gasteiger partial charge in [0.15, 0.2) is 5.16 Å². The van der Waals surface area contributed by atoms with Crippen LogP contribution < -0.4 is 10.3 Å². The highest BCUT2D eigenvalue weighted by atomic mass is 32.2. The van der Waals surface area contributed by atoms with Gasteiger partial charge in [-0.3, -0.25) is 9.36 Å². The molecule has 0 aliphatic carbocycles. The number of aryl methyl sites for hydroxylation is 1. The van der Waals surface area contributed by atoms with Crippen molar-refractivity contribution in [2.45, 2.75) is 24.8 Å². The molecule has 0 amide bonds. The number of para-hydroxylation sites is 2. The highest BCUT2D eigenvalue weighted by Crippen LogP contribution is 2.29. The van der Waals surface area contributed by atoms with Crippen LogP contribution in [0.5, 0.6) is 5.75 Å². The van der Waals surface area contributed by atoms with Crippen LogP contribution in [0.1, 0.15) is 18.4 Å². The summed E-state index contributed by atoms with van der Waals surface area (Å²) in [5.41, 5.74) is 3.17. The normalized spacial score (nSPS) is 11.1. The zero-order valence-corrected chi connectivity index (χ0v) is 19.6. The monoisotopic (exact) mass is 470 g/mol. The lowest BCUT2D eigenvalue weighted by molar-refractivity contribution is 0.341. The van der Waals surface area contributed by atoms with E-state index in [1.165, 1.54) is 11.8 Å². The Bertz CT molecular complexity index is 1510. The van der Waals surface area contributed by atoms with Crippen molar-refractivity contribution in [2.24, 2.45) is 0 Å². The van der Waals surface area contributed by atoms with Crippen LogP contribution in [0, 0.1) is 6.92 Å². The standard InChI is InChI=1S/C26H22N4O3S/c1-3-32-22-11-7-5-9-20(22)24-28-23(33-29-24)16-34-26-27-21-10-6-4-8-19(21)25(31)30(26)18-14-12-17(2)13-15-18/h4-15H,3,16H2,1-2H3. The predicted octanol–water partition coefficient (Wildman–Crippen LogP) is 5.44. The number of ether oxygens (including phenoxy) is 1. The average Bonchev–Trinajstić information content (AvgIpc) is 3.33. The minimum Gasteiger partial charge on any atom is -0.493 e. The van der Waals surface area contributed by atoms with Crippen LogP contribution >= 0.6 is 11.8 Å². The van der Waals surface area contributed by atoms with Crippen molar-refractivity contribution in [3.05, 3.63) is 94.6 Å². The van der Waals surface area contributed by atoms with Gasteiger partial charge < -0.3 is 9.26 Å². The van der Waals surface area contributed by atoms with Crippen LogP contribution in [0.4, 0.5) is 0 Å². The van der Waals surface area contributed by atoms with E-state index in [4.69, 9.17) is 14.2 Å². The summed E-state index contributed by atoms with van der Waals surface area (Å²) < 4.78 is 12.8. The van der Waals surface area contributed by atoms with E-state index in [1.54, 1.807) is 10.6 Å². The number of hydrogen-bond donors (Lipinski definition) is 0. The molecule has 0 saturated heterocycles. The Labute approximate surface area is 200 Å². The van der Waals surface area contributed by atoms with Crippen molar-refractivity contribution in [3.8, 4) is 22.8 Å². The lowest BCUT2D eigenvalue weighted by Crippen LogP contribution is -2.21. The second-order valence-electron chi connectivity index (χ2n) is 7.62. The summed E-state index contributed by atoms with van der Waals surface area (Å²) in [6.07, 6.45) is 0. The maximum absolute atomic E-state index is 13.4. The molecule has 5 rings (SSSR count). The molecule has 0 bridgehead atoms. The minimum atomic E-state index is -0.117. The Kier molecular flexibility index (Phi) is 6.14. The number of rotatable bonds is 7. The van der Waals surface area contributed by atoms with Gasteiger partial charge in [0.05, 0.1) is 34.5 Å². The van der Waals surface area contributed by atoms with E-state index in [-0.39, 0.29) is 5.56 Å². The Morgan fingerprint density at radius 2 is 1.74 bits per heavy atom. The number of aromatic nitrogens is 4. The lowest BCUT2D eigenvalue weighted by Gasteiger charge is -2.12. The summed E-state index contributed by atoms with van der Waals surface area (Å²) in [6.45, 7) is 4.48. The molecular formula is C26H22N4O3S. The third kappa shape index (κ3) is 4.32. The quantitative estimate of drug-likeness (QED) is 0.231. The Morgan fingerprint density at radius 1 is 0.971 bits per heavy atom. The van der Waals surface area contributed by atoms with Gasteiger partial charge in [-0.2, -0.15) is 4.98 Å². The van der Waals surface area contributed by atoms with Crippen molar-refractivity contribution < 1.29 is 9.26 Å². The van der Waals surface area contributed by atoms with Crippen molar-refractivity contribution in [1.29, 1.82) is 0 Å². The molecular weight excluding hydrogens is 448 g/mol. The van der Waals surface area contributed by atoms with Crippen LogP contribution in [-0.4, -0.2) is 26.3 Å². The molecule has 0 N–H and O–H groups in total. The highest BCUT2D eigenvalue weighted by molar-refractivity contribution is 7.98. The maximum atomic E-state index is 13.4. The third-order valence-corrected chi connectivity index (χ3v) is 6.18. The van der Waals surface area contributed by atoms with Gasteiger partial charge in [-0.1, -0.05) is 58.9 Å². The van der Waals surface area contributed by atoms with Crippen LogP contribution in [0.2, 0.25) is 0 Å². The molecule has 2 heterocycles. The number of nitrogens with zero attached hydrogens (tertiary/aromatic N) is 4. The van der Waals surface area contributed by atoms with Crippen molar-refractivity contribution in [2.75, 3.05) is 6.61 Å². The fourth-order valence-corrected chi connectivity index (χ4v) is 4.46. The molecule has 0 atom stereocenters. The van der Waals surface area contributed by atoms with Crippen LogP contribution in [-0.2, 0) is 5.75 Å². The van der Waals surface area contributed by atoms with Crippen LogP contribution in [0.15, 0.2) is 87.3 Å². The van der Waals surface area contributed by atoms with Crippen molar-refractivity contribution in [3.63, 3.8) is 0 Å². The topological polar surface area (TPSA) is 83.0 Å². The first kappa shape index (κ1) is 21.9. The van der Waals surface area contributed by atoms with E-state index in [9.17, 15) is 4.79 Å². The molecule has 7 nitrogen and oxygen atoms in total. The first-order chi connectivity index (χ1) is 16.6. The summed E-state index contributed by atoms with van der Waals surface area (Å²) >= 11 is 1.38. The SMILES string of the molecule is CCOc1ccccc1-c1noc(CSc2nc3ccccc3c(=O)n2-c2ccc(C)cc2)n1. The third-order valence-electron chi connectivity index (χ3n) is 5.26. The molecule has 0 radical (unpaired) electrons. The molecule has 2 aromatic heterocycles. The Balaban J connectivity index is 1.49. The zero-order valence-electron chi connectivity index (χ0n) is 18.8. The van der Waals surface area contributed by atoms with Gasteiger partial charge in [0, 0.05) is 0 Å². The summed E-state index contributed by atoms with van der Waals surface area (Å²) in [4.78, 5) is 22.7. The molecule has 3 aromatic carbocycles. The first-order valence-corrected chi connectivity index (χ1v) is 11.9. The fourth-order valence-electron chi connectivity index (χ4n) is 3.61. The van der Waals surface area contributed by atoms with Crippen molar-refractivity contribution >= 4 is 22.7 Å². The van der Waals surface area contributed by atoms with Crippen LogP contribution in [0.25, 0.3) is 28.0 Å². The molecule has 0 fully saturated rings. The molecule has 170 valence electrons. The molecule has 34 heavy (non-hydrogen) atoms. The van der Waals surface area contributed by atoms with Gasteiger partial charge in [-0.25, -0.2) is 4.98 Å². The van der Waals surface area contributed by atoms with Gasteiger partial charge >= 0.3 is 0 Å². The minimum absolute atomic E-state index is 0.117. The van der Waals surface area contributed by atoms with E-state index in [1.807, 2.05) is 80.6 Å². The molecule has 5 aromatic rings. The summed E-state index contributed by atoms with van der Waals surface area (Å²) in [7, 11) is 0. The van der Waals surface area contributed by atoms with E-state index in [0.29, 0.717) is 45.9 Å². The number of fused-ring (bicyclic) bond motifs is 1. The van der Waals surface area contributed by atoms with Gasteiger partial charge in [0.2, 0.25) is 11.7 Å². The molecule has 8 heteroatoms. The fraction of sp³-hybridized carbons (Fsp3) is 0.154. The summed E-state index contributed by atoms with van der Waals surface area (Å²) in [6, 6.07) is 22.7. The van der Waals surface area contributed by atoms with E-state index in [2.05, 4.69) is 10.1 Å². The second kappa shape index (κ2) is 9.52. The molecule has 0 spiro atoms. The van der Waals surface area contributed by atoms with E-state index in [0.717, 1.165) is 16.8 Å². The highest BCUT2D eigenvalue weighted by Gasteiger charge is 2.17. The van der Waals surface area contributed by atoms with Gasteiger partial charge in [0.25, 0.3) is 5.56 Å². The summed E-state index contributed by atoms with van der Waals surface area (Å²) in [5, 5.41) is 5.26. The van der Waals surface area contributed by atoms with Gasteiger partial charge in [-0.15, -0.1) is 0 Å². The van der Waals surface area contributed by atoms with Crippen molar-refractivity contribution in [1.82, 2.24) is 19.7 Å². The average molecular weight is 471 g/mol.